The van der Waals surface area contributed by atoms with Crippen LogP contribution >= 0.6 is 0 Å². The molecule has 0 bridgehead atoms. The molecule has 0 aliphatic carbocycles. The van der Waals surface area contributed by atoms with Crippen LogP contribution in [0.5, 0.6) is 0 Å². The van der Waals surface area contributed by atoms with E-state index >= 15 is 0 Å². The maximum atomic E-state index is 14.5. The number of rotatable bonds is 11. The van der Waals surface area contributed by atoms with E-state index in [2.05, 4.69) is 0 Å². The molecule has 0 unspecified atom stereocenters. The molecule has 0 saturated carbocycles. The molecule has 1 heterocycles. The summed E-state index contributed by atoms with van der Waals surface area (Å²) >= 11 is 0. The van der Waals surface area contributed by atoms with E-state index in [9.17, 15) is 23.9 Å². The topological polar surface area (TPSA) is 107 Å². The number of piperidine rings is 1. The van der Waals surface area contributed by atoms with Crippen molar-refractivity contribution in [1.82, 2.24) is 14.7 Å². The third-order valence-corrected chi connectivity index (χ3v) is 8.67. The van der Waals surface area contributed by atoms with E-state index in [1.54, 1.807) is 31.1 Å². The molecule has 4 rings (SSSR count). The molecule has 3 aromatic carbocycles. The van der Waals surface area contributed by atoms with Crippen molar-refractivity contribution in [3.8, 4) is 0 Å². The first kappa shape index (κ1) is 34.8. The van der Waals surface area contributed by atoms with Gasteiger partial charge in [-0.15, -0.1) is 0 Å². The number of nitrogens with two attached hydrogens (primary N) is 1. The SMILES string of the molecule is C/C(=C\C(=O)N(C)[C@H](Cc1ccc2ccccc2c1)C(=O)N(C)[C@H](Cc1ccc(F)cc1)C(=O)N1CCC(O)CC1)CC(C)(C)N. The molecule has 1 aliphatic rings. The number of aliphatic hydroxyl groups excluding tert-OH is 1. The molecule has 246 valence electrons. The number of halogens is 1. The number of benzene rings is 3. The second kappa shape index (κ2) is 15.0. The fourth-order valence-electron chi connectivity index (χ4n) is 6.13. The number of carbonyl (C=O) groups excluding carboxylic acids is 3. The summed E-state index contributed by atoms with van der Waals surface area (Å²) in [6, 6.07) is 18.0. The number of hydrogen-bond acceptors (Lipinski definition) is 5. The summed E-state index contributed by atoms with van der Waals surface area (Å²) in [5, 5.41) is 12.1. The van der Waals surface area contributed by atoms with Crippen LogP contribution in [0.15, 0.2) is 78.4 Å². The molecule has 2 atom stereocenters. The first-order chi connectivity index (χ1) is 21.7. The Morgan fingerprint density at radius 1 is 0.935 bits per heavy atom. The van der Waals surface area contributed by atoms with Gasteiger partial charge in [0.15, 0.2) is 0 Å². The highest BCUT2D eigenvalue weighted by molar-refractivity contribution is 5.95. The fraction of sp³-hybridized carbons (Fsp3) is 0.432. The van der Waals surface area contributed by atoms with Crippen molar-refractivity contribution in [2.75, 3.05) is 27.2 Å². The normalized spacial score (nSPS) is 15.8. The van der Waals surface area contributed by atoms with E-state index in [0.29, 0.717) is 37.9 Å². The van der Waals surface area contributed by atoms with Gasteiger partial charge < -0.3 is 25.5 Å². The molecular formula is C37H47FN4O4. The Kier molecular flexibility index (Phi) is 11.3. The minimum Gasteiger partial charge on any atom is -0.393 e. The van der Waals surface area contributed by atoms with E-state index < -0.39 is 29.5 Å². The minimum atomic E-state index is -0.916. The van der Waals surface area contributed by atoms with Gasteiger partial charge in [0.25, 0.3) is 0 Å². The van der Waals surface area contributed by atoms with Crippen molar-refractivity contribution in [2.24, 2.45) is 5.73 Å². The summed E-state index contributed by atoms with van der Waals surface area (Å²) in [7, 11) is 3.21. The second-order valence-corrected chi connectivity index (χ2v) is 13.4. The summed E-state index contributed by atoms with van der Waals surface area (Å²) in [5.74, 6) is -1.35. The monoisotopic (exact) mass is 630 g/mol. The van der Waals surface area contributed by atoms with Gasteiger partial charge in [-0.2, -0.15) is 0 Å². The van der Waals surface area contributed by atoms with Gasteiger partial charge in [-0.25, -0.2) is 4.39 Å². The summed E-state index contributed by atoms with van der Waals surface area (Å²) in [4.78, 5) is 46.7. The molecule has 1 aliphatic heterocycles. The van der Waals surface area contributed by atoms with Crippen LogP contribution in [0.1, 0.15) is 51.2 Å². The lowest BCUT2D eigenvalue weighted by molar-refractivity contribution is -0.150. The summed E-state index contributed by atoms with van der Waals surface area (Å²) in [5.41, 5.74) is 8.06. The number of amides is 3. The average Bonchev–Trinajstić information content (AvgIpc) is 3.01. The number of likely N-dealkylation sites (tertiary alicyclic amines) is 1. The first-order valence-electron chi connectivity index (χ1n) is 15.9. The van der Waals surface area contributed by atoms with Crippen LogP contribution in [0.4, 0.5) is 4.39 Å². The number of nitrogens with zero attached hydrogens (tertiary/aromatic N) is 3. The molecule has 9 heteroatoms. The van der Waals surface area contributed by atoms with Crippen molar-refractivity contribution in [3.05, 3.63) is 95.3 Å². The Labute approximate surface area is 271 Å². The zero-order valence-corrected chi connectivity index (χ0v) is 27.6. The predicted molar refractivity (Wildman–Crippen MR) is 179 cm³/mol. The highest BCUT2D eigenvalue weighted by Gasteiger charge is 2.37. The molecule has 3 aromatic rings. The van der Waals surface area contributed by atoms with Crippen LogP contribution in [0.25, 0.3) is 10.8 Å². The number of carbonyl (C=O) groups is 3. The molecule has 0 spiro atoms. The van der Waals surface area contributed by atoms with Crippen LogP contribution in [-0.2, 0) is 27.2 Å². The first-order valence-corrected chi connectivity index (χ1v) is 15.9. The summed E-state index contributed by atoms with van der Waals surface area (Å²) in [6.07, 6.45) is 2.89. The molecule has 8 nitrogen and oxygen atoms in total. The van der Waals surface area contributed by atoms with Gasteiger partial charge in [-0.3, -0.25) is 14.4 Å². The van der Waals surface area contributed by atoms with Gasteiger partial charge in [0.05, 0.1) is 6.10 Å². The van der Waals surface area contributed by atoms with Gasteiger partial charge in [0.2, 0.25) is 17.7 Å². The number of aliphatic hydroxyl groups is 1. The Hall–Kier alpha value is -4.08. The van der Waals surface area contributed by atoms with Crippen molar-refractivity contribution in [1.29, 1.82) is 0 Å². The third-order valence-electron chi connectivity index (χ3n) is 8.67. The highest BCUT2D eigenvalue weighted by Crippen LogP contribution is 2.22. The lowest BCUT2D eigenvalue weighted by atomic mass is 9.96. The van der Waals surface area contributed by atoms with Crippen molar-refractivity contribution >= 4 is 28.5 Å². The van der Waals surface area contributed by atoms with E-state index in [-0.39, 0.29) is 30.6 Å². The molecule has 0 aromatic heterocycles. The van der Waals surface area contributed by atoms with Crippen molar-refractivity contribution < 1.29 is 23.9 Å². The standard InChI is InChI=1S/C37H47FN4O4/c1-25(24-37(2,3)39)20-34(44)40(4)32(23-27-10-13-28-8-6-7-9-29(28)21-27)35(45)41(5)33(22-26-11-14-30(38)15-12-26)36(46)42-18-16-31(43)17-19-42/h6-15,20-21,31-33,43H,16-19,22-24,39H2,1-5H3/b25-20+/t32-,33-/m1/s1. The van der Waals surface area contributed by atoms with Gasteiger partial charge in [0.1, 0.15) is 17.9 Å². The molecule has 1 saturated heterocycles. The molecule has 3 amide bonds. The predicted octanol–water partition coefficient (Wildman–Crippen LogP) is 4.48. The summed E-state index contributed by atoms with van der Waals surface area (Å²) < 4.78 is 13.7. The summed E-state index contributed by atoms with van der Waals surface area (Å²) in [6.45, 7) is 6.38. The Morgan fingerprint density at radius 2 is 1.52 bits per heavy atom. The third kappa shape index (κ3) is 9.23. The van der Waals surface area contributed by atoms with Gasteiger partial charge in [-0.1, -0.05) is 60.2 Å². The van der Waals surface area contributed by atoms with Gasteiger partial charge in [0, 0.05) is 51.6 Å². The number of fused-ring (bicyclic) bond motifs is 1. The van der Waals surface area contributed by atoms with E-state index in [4.69, 9.17) is 5.73 Å². The number of likely N-dealkylation sites (N-methyl/N-ethyl adjacent to an activating group) is 2. The van der Waals surface area contributed by atoms with Crippen LogP contribution in [-0.4, -0.2) is 88.4 Å². The van der Waals surface area contributed by atoms with Crippen LogP contribution in [0.3, 0.4) is 0 Å². The maximum absolute atomic E-state index is 14.5. The molecular weight excluding hydrogens is 583 g/mol. The van der Waals surface area contributed by atoms with Crippen LogP contribution in [0.2, 0.25) is 0 Å². The zero-order valence-electron chi connectivity index (χ0n) is 27.6. The minimum absolute atomic E-state index is 0.172. The van der Waals surface area contributed by atoms with Gasteiger partial charge >= 0.3 is 0 Å². The molecule has 46 heavy (non-hydrogen) atoms. The van der Waals surface area contributed by atoms with E-state index in [0.717, 1.165) is 21.9 Å². The highest BCUT2D eigenvalue weighted by atomic mass is 19.1. The van der Waals surface area contributed by atoms with Crippen LogP contribution in [0, 0.1) is 5.82 Å². The zero-order chi connectivity index (χ0) is 33.6. The smallest absolute Gasteiger partial charge is 0.246 e. The van der Waals surface area contributed by atoms with E-state index in [1.165, 1.54) is 28.0 Å². The van der Waals surface area contributed by atoms with E-state index in [1.807, 2.05) is 63.2 Å². The van der Waals surface area contributed by atoms with Gasteiger partial charge in [-0.05, 0) is 74.1 Å². The quantitative estimate of drug-likeness (QED) is 0.304. The largest absolute Gasteiger partial charge is 0.393 e. The maximum Gasteiger partial charge on any atom is 0.246 e. The average molecular weight is 631 g/mol. The molecule has 0 radical (unpaired) electrons. The Morgan fingerprint density at radius 3 is 2.15 bits per heavy atom. The van der Waals surface area contributed by atoms with Crippen molar-refractivity contribution in [2.45, 2.75) is 76.6 Å². The lowest BCUT2D eigenvalue weighted by Crippen LogP contribution is -2.57. The molecule has 1 fully saturated rings. The second-order valence-electron chi connectivity index (χ2n) is 13.4. The fourth-order valence-corrected chi connectivity index (χ4v) is 6.13. The van der Waals surface area contributed by atoms with Crippen molar-refractivity contribution in [3.63, 3.8) is 0 Å². The van der Waals surface area contributed by atoms with Crippen LogP contribution < -0.4 is 5.73 Å². The molecule has 3 N–H and O–H groups in total. The Balaban J connectivity index is 1.68. The Bertz CT molecular complexity index is 1560. The lowest BCUT2D eigenvalue weighted by Gasteiger charge is -2.38. The number of hydrogen-bond donors (Lipinski definition) is 2.